The van der Waals surface area contributed by atoms with Gasteiger partial charge >= 0.3 is 5.97 Å². The molecule has 0 aliphatic heterocycles. The summed E-state index contributed by atoms with van der Waals surface area (Å²) >= 11 is 0. The summed E-state index contributed by atoms with van der Waals surface area (Å²) in [6.07, 6.45) is 1.33. The van der Waals surface area contributed by atoms with E-state index < -0.39 is 5.97 Å². The molecule has 0 radical (unpaired) electrons. The lowest BCUT2D eigenvalue weighted by atomic mass is 10.1. The fraction of sp³-hybridized carbons (Fsp3) is 0. The Balaban J connectivity index is 2.50. The van der Waals surface area contributed by atoms with E-state index in [4.69, 9.17) is 16.1 Å². The van der Waals surface area contributed by atoms with Crippen molar-refractivity contribution in [1.29, 1.82) is 5.26 Å². The summed E-state index contributed by atoms with van der Waals surface area (Å²) in [5.74, 6) is -1.11. The van der Waals surface area contributed by atoms with Gasteiger partial charge in [0.05, 0.1) is 11.3 Å². The molecule has 3 N–H and O–H groups in total. The van der Waals surface area contributed by atoms with Gasteiger partial charge in [-0.25, -0.2) is 14.5 Å². The van der Waals surface area contributed by atoms with Crippen LogP contribution in [0, 0.1) is 11.3 Å². The largest absolute Gasteiger partial charge is 0.478 e. The Labute approximate surface area is 95.7 Å². The van der Waals surface area contributed by atoms with Gasteiger partial charge in [-0.2, -0.15) is 5.26 Å². The summed E-state index contributed by atoms with van der Waals surface area (Å²) in [6.45, 7) is 0. The Hall–Kier alpha value is -2.88. The number of anilines is 1. The van der Waals surface area contributed by atoms with E-state index in [0.29, 0.717) is 5.69 Å². The number of nitriles is 1. The lowest BCUT2D eigenvalue weighted by Crippen LogP contribution is -2.04. The molecular formula is C10H7N5O2. The van der Waals surface area contributed by atoms with Crippen molar-refractivity contribution >= 4 is 11.7 Å². The van der Waals surface area contributed by atoms with Gasteiger partial charge in [-0.15, -0.1) is 5.10 Å². The first-order chi connectivity index (χ1) is 8.11. The van der Waals surface area contributed by atoms with E-state index in [9.17, 15) is 4.79 Å². The highest BCUT2D eigenvalue weighted by Gasteiger charge is 2.10. The lowest BCUT2D eigenvalue weighted by molar-refractivity contribution is 0.0698. The van der Waals surface area contributed by atoms with Crippen LogP contribution in [0.2, 0.25) is 0 Å². The Kier molecular flexibility index (Phi) is 2.46. The number of nitrogens with zero attached hydrogens (tertiary/aromatic N) is 4. The normalized spacial score (nSPS) is 9.82. The highest BCUT2D eigenvalue weighted by molar-refractivity contribution is 5.94. The molecule has 0 saturated heterocycles. The molecule has 17 heavy (non-hydrogen) atoms. The molecule has 0 spiro atoms. The topological polar surface area (TPSA) is 118 Å². The van der Waals surface area contributed by atoms with Gasteiger partial charge in [0.25, 0.3) is 5.82 Å². The molecule has 0 aliphatic carbocycles. The average molecular weight is 229 g/mol. The van der Waals surface area contributed by atoms with Crippen LogP contribution in [-0.4, -0.2) is 25.8 Å². The van der Waals surface area contributed by atoms with E-state index in [1.165, 1.54) is 23.1 Å². The van der Waals surface area contributed by atoms with Gasteiger partial charge < -0.3 is 10.8 Å². The van der Waals surface area contributed by atoms with Crippen molar-refractivity contribution in [2.75, 3.05) is 5.73 Å². The molecule has 0 fully saturated rings. The number of carbonyl (C=O) groups is 1. The highest BCUT2D eigenvalue weighted by atomic mass is 16.4. The second kappa shape index (κ2) is 3.94. The summed E-state index contributed by atoms with van der Waals surface area (Å²) in [7, 11) is 0. The maximum atomic E-state index is 10.9. The third kappa shape index (κ3) is 1.91. The molecule has 0 bridgehead atoms. The minimum Gasteiger partial charge on any atom is -0.478 e. The summed E-state index contributed by atoms with van der Waals surface area (Å²) in [5.41, 5.74) is 6.15. The Morgan fingerprint density at radius 1 is 1.53 bits per heavy atom. The van der Waals surface area contributed by atoms with Crippen molar-refractivity contribution in [3.05, 3.63) is 35.9 Å². The molecule has 84 valence electrons. The maximum absolute atomic E-state index is 10.9. The van der Waals surface area contributed by atoms with Gasteiger partial charge in [0, 0.05) is 5.69 Å². The van der Waals surface area contributed by atoms with Crippen LogP contribution < -0.4 is 5.73 Å². The number of hydrogen-bond acceptors (Lipinski definition) is 5. The molecule has 0 saturated carbocycles. The van der Waals surface area contributed by atoms with E-state index in [2.05, 4.69) is 10.1 Å². The van der Waals surface area contributed by atoms with E-state index in [0.717, 1.165) is 0 Å². The average Bonchev–Trinajstić information content (AvgIpc) is 2.78. The molecule has 2 aromatic rings. The highest BCUT2D eigenvalue weighted by Crippen LogP contribution is 2.16. The Bertz CT molecular complexity index is 626. The number of aromatic carboxylic acids is 1. The van der Waals surface area contributed by atoms with Crippen LogP contribution in [-0.2, 0) is 0 Å². The van der Waals surface area contributed by atoms with Crippen LogP contribution in [0.3, 0.4) is 0 Å². The molecule has 0 amide bonds. The predicted octanol–water partition coefficient (Wildman–Crippen LogP) is 0.419. The molecular weight excluding hydrogens is 222 g/mol. The maximum Gasteiger partial charge on any atom is 0.337 e. The van der Waals surface area contributed by atoms with Crippen LogP contribution in [0.4, 0.5) is 5.69 Å². The molecule has 2 rings (SSSR count). The van der Waals surface area contributed by atoms with Gasteiger partial charge in [-0.3, -0.25) is 0 Å². The van der Waals surface area contributed by atoms with Crippen LogP contribution in [0.25, 0.3) is 5.69 Å². The first kappa shape index (κ1) is 10.6. The van der Waals surface area contributed by atoms with Crippen molar-refractivity contribution in [2.45, 2.75) is 0 Å². The minimum atomic E-state index is -1.12. The van der Waals surface area contributed by atoms with Crippen molar-refractivity contribution in [2.24, 2.45) is 0 Å². The molecule has 1 heterocycles. The smallest absolute Gasteiger partial charge is 0.337 e. The molecule has 1 aromatic carbocycles. The number of benzene rings is 1. The van der Waals surface area contributed by atoms with E-state index in [1.807, 2.05) is 0 Å². The van der Waals surface area contributed by atoms with Crippen molar-refractivity contribution < 1.29 is 9.90 Å². The Morgan fingerprint density at radius 2 is 2.29 bits per heavy atom. The second-order valence-electron chi connectivity index (χ2n) is 3.20. The van der Waals surface area contributed by atoms with Crippen LogP contribution in [0.1, 0.15) is 16.2 Å². The fourth-order valence-electron chi connectivity index (χ4n) is 1.31. The second-order valence-corrected chi connectivity index (χ2v) is 3.20. The number of nitrogens with two attached hydrogens (primary N) is 1. The quantitative estimate of drug-likeness (QED) is 0.720. The first-order valence-electron chi connectivity index (χ1n) is 4.57. The molecule has 1 aromatic heterocycles. The number of hydrogen-bond donors (Lipinski definition) is 2. The summed E-state index contributed by atoms with van der Waals surface area (Å²) in [5, 5.41) is 21.3. The van der Waals surface area contributed by atoms with E-state index in [1.54, 1.807) is 12.1 Å². The van der Waals surface area contributed by atoms with Crippen LogP contribution >= 0.6 is 0 Å². The van der Waals surface area contributed by atoms with Crippen molar-refractivity contribution in [3.8, 4) is 11.8 Å². The Morgan fingerprint density at radius 3 is 2.88 bits per heavy atom. The predicted molar refractivity (Wildman–Crippen MR) is 57.4 cm³/mol. The van der Waals surface area contributed by atoms with Gasteiger partial charge in [0.15, 0.2) is 0 Å². The molecule has 0 atom stereocenters. The van der Waals surface area contributed by atoms with E-state index >= 15 is 0 Å². The van der Waals surface area contributed by atoms with Gasteiger partial charge in [-0.1, -0.05) is 0 Å². The van der Waals surface area contributed by atoms with Gasteiger partial charge in [0.1, 0.15) is 12.4 Å². The van der Waals surface area contributed by atoms with Gasteiger partial charge in [-0.05, 0) is 18.2 Å². The van der Waals surface area contributed by atoms with Crippen molar-refractivity contribution in [1.82, 2.24) is 14.8 Å². The standard InChI is InChI=1S/C10H7N5O2/c11-4-9-13-5-15(14-9)6-1-2-8(12)7(3-6)10(16)17/h1-3,5H,12H2,(H,16,17). The zero-order valence-corrected chi connectivity index (χ0v) is 8.53. The third-order valence-corrected chi connectivity index (χ3v) is 2.12. The fourth-order valence-corrected chi connectivity index (χ4v) is 1.31. The summed E-state index contributed by atoms with van der Waals surface area (Å²) < 4.78 is 1.31. The number of rotatable bonds is 2. The van der Waals surface area contributed by atoms with Crippen molar-refractivity contribution in [3.63, 3.8) is 0 Å². The van der Waals surface area contributed by atoms with E-state index in [-0.39, 0.29) is 17.1 Å². The van der Waals surface area contributed by atoms with Crippen LogP contribution in [0.15, 0.2) is 24.5 Å². The zero-order chi connectivity index (χ0) is 12.4. The van der Waals surface area contributed by atoms with Crippen LogP contribution in [0.5, 0.6) is 0 Å². The number of carboxylic acids is 1. The monoisotopic (exact) mass is 229 g/mol. The third-order valence-electron chi connectivity index (χ3n) is 2.12. The minimum absolute atomic E-state index is 0.0127. The molecule has 7 heteroatoms. The molecule has 7 nitrogen and oxygen atoms in total. The van der Waals surface area contributed by atoms with Gasteiger partial charge in [0.2, 0.25) is 0 Å². The number of carboxylic acid groups (broad SMARTS) is 1. The number of nitrogen functional groups attached to an aromatic ring is 1. The number of aromatic nitrogens is 3. The zero-order valence-electron chi connectivity index (χ0n) is 8.53. The SMILES string of the molecule is N#Cc1ncn(-c2ccc(N)c(C(=O)O)c2)n1. The molecule has 0 unspecified atom stereocenters. The summed E-state index contributed by atoms with van der Waals surface area (Å²) in [4.78, 5) is 14.6. The summed E-state index contributed by atoms with van der Waals surface area (Å²) in [6, 6.07) is 6.21. The molecule has 0 aliphatic rings. The first-order valence-corrected chi connectivity index (χ1v) is 4.57. The lowest BCUT2D eigenvalue weighted by Gasteiger charge is -2.04.